The van der Waals surface area contributed by atoms with Crippen LogP contribution in [0.2, 0.25) is 0 Å². The summed E-state index contributed by atoms with van der Waals surface area (Å²) in [6.45, 7) is 114. The van der Waals surface area contributed by atoms with Crippen molar-refractivity contribution in [2.75, 3.05) is 0 Å². The normalized spacial score (nSPS) is 0.727. The van der Waals surface area contributed by atoms with Crippen molar-refractivity contribution >= 4 is 0 Å². The van der Waals surface area contributed by atoms with Crippen LogP contribution in [0.1, 0.15) is 5.71 Å². The van der Waals surface area contributed by atoms with Gasteiger partial charge in [-0.15, -0.1) is 0 Å². The summed E-state index contributed by atoms with van der Waals surface area (Å²) in [6.07, 6.45) is 0. The first-order chi connectivity index (χ1) is 24.0. The van der Waals surface area contributed by atoms with Crippen molar-refractivity contribution in [1.82, 2.24) is 0 Å². The van der Waals surface area contributed by atoms with E-state index in [0.717, 1.165) is 0 Å². The van der Waals surface area contributed by atoms with E-state index in [9.17, 15) is 0 Å². The van der Waals surface area contributed by atoms with E-state index in [0.29, 0.717) is 0 Å². The summed E-state index contributed by atoms with van der Waals surface area (Å²) in [5, 5.41) is 150. The van der Waals surface area contributed by atoms with Gasteiger partial charge < -0.3 is 344 Å². The molecule has 0 fully saturated rings. The van der Waals surface area contributed by atoms with Gasteiger partial charge in [0.1, 0.15) is 0 Å². The maximum atomic E-state index is 6.25. The Morgan fingerprint density at radius 2 is 0.106 bits per heavy atom. The smallest absolute Gasteiger partial charge is 1.00 e. The Labute approximate surface area is 524 Å². The third-order valence-corrected chi connectivity index (χ3v) is 0. The Morgan fingerprint density at radius 1 is 0.106 bits per heavy atom. The monoisotopic (exact) mass is 1120 g/mol. The largest absolute Gasteiger partial charge is 6.00 e. The number of nitrogens with zero attached hydrogens (tertiary/aromatic N) is 24. The minimum absolute atomic E-state index is 0. The maximum absolute atomic E-state index is 6.25. The minimum atomic E-state index is 0. The van der Waals surface area contributed by atoms with Crippen molar-refractivity contribution in [3.63, 3.8) is 0 Å². The standard InChI is InChI=1S/24CN.4Fe.4Na.10H2O.4H/c24*1-2;;;;;;;;;;;;;;;;;;;;;;/h;;;;;;;;;;;;;;;;;;;;;;;;;;;;;;;;10*1H2;;;;/q24*-1;4*+6;4*+1;;;;;;;;;;;4*-1. The fourth-order valence-corrected chi connectivity index (χ4v) is 0. The van der Waals surface area contributed by atoms with Crippen molar-refractivity contribution in [2.24, 2.45) is 0 Å². The van der Waals surface area contributed by atoms with Crippen LogP contribution >= 0.6 is 0 Å². The molecule has 0 aromatic carbocycles. The van der Waals surface area contributed by atoms with Gasteiger partial charge >= 0.3 is 187 Å². The van der Waals surface area contributed by atoms with Crippen molar-refractivity contribution in [1.29, 1.82) is 126 Å². The molecule has 0 bridgehead atoms. The molecular weight excluding hydrogens is 1100 g/mol. The van der Waals surface area contributed by atoms with Crippen LogP contribution in [0.5, 0.6) is 0 Å². The molecule has 0 aromatic heterocycles. The van der Waals surface area contributed by atoms with E-state index in [1.54, 1.807) is 0 Å². The summed E-state index contributed by atoms with van der Waals surface area (Å²) in [5.74, 6) is 0. The van der Waals surface area contributed by atoms with Crippen LogP contribution in [-0.2, 0) is 68.3 Å². The summed E-state index contributed by atoms with van der Waals surface area (Å²) < 4.78 is 0. The summed E-state index contributed by atoms with van der Waals surface area (Å²) in [6, 6.07) is 0. The van der Waals surface area contributed by atoms with E-state index < -0.39 is 0 Å². The first-order valence-electron chi connectivity index (χ1n) is 5.37. The second-order valence-corrected chi connectivity index (χ2v) is 0. The molecule has 336 valence electrons. The molecule has 0 spiro atoms. The SMILES string of the molecule is O.O.O.O.O.O.O.O.O.O.[C-]#N.[C-]#N.[C-]#N.[C-]#N.[C-]#N.[C-]#N.[C-]#N.[C-]#N.[C-]#N.[C-]#N.[C-]#N.[C-]#N.[C-]#N.[C-]#N.[C-]#N.[C-]#N.[C-]#N.[C-]#N.[C-]#N.[C-]#N.[C-]#N.[C-]#N.[C-]#N.[C-]#N.[Fe+6].[Fe+6].[Fe+6].[Fe+6].[H-].[H-].[H-].[H-].[Na+].[Na+].[Na+].[Na+]. The van der Waals surface area contributed by atoms with Crippen molar-refractivity contribution in [3.8, 4) is 0 Å². The molecule has 34 nitrogen and oxygen atoms in total. The molecule has 0 saturated heterocycles. The van der Waals surface area contributed by atoms with Crippen molar-refractivity contribution in [2.45, 2.75) is 0 Å². The zero-order valence-corrected chi connectivity index (χ0v) is 45.6. The Hall–Kier alpha value is -6.56. The molecular formula is C24H24Fe4N24Na4O10. The van der Waals surface area contributed by atoms with Crippen molar-refractivity contribution < 1.29 is 247 Å². The first-order valence-corrected chi connectivity index (χ1v) is 5.37. The van der Waals surface area contributed by atoms with Gasteiger partial charge in [0.2, 0.25) is 0 Å². The van der Waals surface area contributed by atoms with Gasteiger partial charge in [-0.25, -0.2) is 0 Å². The van der Waals surface area contributed by atoms with E-state index in [-0.39, 0.29) is 247 Å². The predicted octanol–water partition coefficient (Wildman–Crippen LogP) is -17.5. The Morgan fingerprint density at radius 3 is 0.106 bits per heavy atom. The number of rotatable bonds is 0. The summed E-state index contributed by atoms with van der Waals surface area (Å²) in [5.41, 5.74) is 0. The summed E-state index contributed by atoms with van der Waals surface area (Å²) in [4.78, 5) is 0. The van der Waals surface area contributed by atoms with E-state index in [4.69, 9.17) is 284 Å². The first kappa shape index (κ1) is 668. The van der Waals surface area contributed by atoms with Gasteiger partial charge in [-0.1, -0.05) is 0 Å². The fourth-order valence-electron chi connectivity index (χ4n) is 0. The number of hydrogen-bond donors (Lipinski definition) is 0. The van der Waals surface area contributed by atoms with Gasteiger partial charge in [0.25, 0.3) is 0 Å². The fraction of sp³-hybridized carbons (Fsp3) is 0. The Kier molecular flexibility index (Phi) is 45300. The molecule has 0 unspecified atom stereocenters. The van der Waals surface area contributed by atoms with Gasteiger partial charge in [0.15, 0.2) is 0 Å². The second-order valence-electron chi connectivity index (χ2n) is 0. The molecule has 0 aromatic rings. The molecule has 0 aliphatic rings. The quantitative estimate of drug-likeness (QED) is 0.161. The molecule has 0 heterocycles. The van der Waals surface area contributed by atoms with Crippen LogP contribution in [0.25, 0.3) is 0 Å². The topological polar surface area (TPSA) is 886 Å². The summed E-state index contributed by atoms with van der Waals surface area (Å²) in [7, 11) is 0. The summed E-state index contributed by atoms with van der Waals surface area (Å²) >= 11 is 0. The average molecular weight is 1120 g/mol. The minimum Gasteiger partial charge on any atom is -1.00 e. The molecule has 0 atom stereocenters. The van der Waals surface area contributed by atoms with E-state index in [1.165, 1.54) is 0 Å². The molecule has 0 aliphatic carbocycles. The third-order valence-electron chi connectivity index (χ3n) is 0. The van der Waals surface area contributed by atoms with Crippen LogP contribution in [-0.4, -0.2) is 54.8 Å². The molecule has 0 aliphatic heterocycles. The molecule has 20 N–H and O–H groups in total. The van der Waals surface area contributed by atoms with Crippen LogP contribution in [0.3, 0.4) is 0 Å². The maximum Gasteiger partial charge on any atom is 6.00 e. The Balaban J connectivity index is -0.00000000193. The molecule has 42 heteroatoms. The van der Waals surface area contributed by atoms with Gasteiger partial charge in [0.05, 0.1) is 0 Å². The average Bonchev–Trinajstić information content (AvgIpc) is 3.34. The van der Waals surface area contributed by atoms with E-state index >= 15 is 0 Å². The van der Waals surface area contributed by atoms with E-state index in [2.05, 4.69) is 0 Å². The van der Waals surface area contributed by atoms with Crippen LogP contribution in [0.15, 0.2) is 0 Å². The van der Waals surface area contributed by atoms with Crippen molar-refractivity contribution in [3.05, 3.63) is 158 Å². The molecule has 66 heavy (non-hydrogen) atoms. The molecule has 0 rings (SSSR count). The Bertz CT molecular complexity index is 596. The van der Waals surface area contributed by atoms with Gasteiger partial charge in [-0.3, -0.25) is 0 Å². The molecule has 0 amide bonds. The van der Waals surface area contributed by atoms with Gasteiger partial charge in [0, 0.05) is 0 Å². The molecule has 0 saturated carbocycles. The number of hydrogen-bond acceptors (Lipinski definition) is 24. The molecule has 0 radical (unpaired) electrons. The van der Waals surface area contributed by atoms with Gasteiger partial charge in [-0.2, -0.15) is 0 Å². The zero-order valence-electron chi connectivity index (χ0n) is 37.1. The van der Waals surface area contributed by atoms with Crippen LogP contribution in [0, 0.1) is 284 Å². The van der Waals surface area contributed by atoms with E-state index in [1.807, 2.05) is 0 Å². The predicted molar refractivity (Wildman–Crippen MR) is 160 cm³/mol. The zero-order chi connectivity index (χ0) is 48.0. The third kappa shape index (κ3) is 4250. The van der Waals surface area contributed by atoms with Gasteiger partial charge in [-0.05, 0) is 0 Å². The van der Waals surface area contributed by atoms with Crippen LogP contribution in [0.4, 0.5) is 0 Å². The second kappa shape index (κ2) is 4480. The van der Waals surface area contributed by atoms with Crippen LogP contribution < -0.4 is 118 Å².